The Morgan fingerprint density at radius 2 is 1.95 bits per heavy atom. The first-order chi connectivity index (χ1) is 17.1. The lowest BCUT2D eigenvalue weighted by Gasteiger charge is -2.21. The van der Waals surface area contributed by atoms with E-state index in [0.717, 1.165) is 11.1 Å². The Morgan fingerprint density at radius 3 is 2.57 bits per heavy atom. The highest BCUT2D eigenvalue weighted by atomic mass is 79.9. The van der Waals surface area contributed by atoms with Gasteiger partial charge in [0.25, 0.3) is 5.91 Å². The molecule has 2 aromatic carbocycles. The second-order valence-electron chi connectivity index (χ2n) is 9.81. The molecule has 4 rings (SSSR count). The standard InChI is InChI=1S/C27H32N4O5.BrH/c1-7-35-22-10-16-12-31(25(28)17(16)11-18(22)26(33)29-5)13-21(32)15-8-19(27(2,3)4)24-20(9-15)30-23(36-24)14-34-6;/h8-11,28H,7,12-14H2,1-6H3,(H,29,33);1H. The molecule has 3 aromatic rings. The van der Waals surface area contributed by atoms with E-state index in [-0.39, 0.29) is 53.1 Å². The molecule has 1 aromatic heterocycles. The third-order valence-electron chi connectivity index (χ3n) is 6.18. The zero-order chi connectivity index (χ0) is 26.2. The Morgan fingerprint density at radius 1 is 1.22 bits per heavy atom. The van der Waals surface area contributed by atoms with E-state index in [0.29, 0.717) is 52.6 Å². The topological polar surface area (TPSA) is 118 Å². The van der Waals surface area contributed by atoms with Gasteiger partial charge >= 0.3 is 0 Å². The molecule has 0 saturated heterocycles. The monoisotopic (exact) mass is 572 g/mol. The van der Waals surface area contributed by atoms with Crippen LogP contribution in [0.3, 0.4) is 0 Å². The number of carbonyl (C=O) groups is 2. The fourth-order valence-electron chi connectivity index (χ4n) is 4.40. The van der Waals surface area contributed by atoms with Crippen LogP contribution in [-0.4, -0.2) is 54.7 Å². The summed E-state index contributed by atoms with van der Waals surface area (Å²) in [6, 6.07) is 7.05. The molecular formula is C27H33BrN4O5. The van der Waals surface area contributed by atoms with E-state index >= 15 is 0 Å². The van der Waals surface area contributed by atoms with Gasteiger partial charge in [0.05, 0.1) is 18.7 Å². The van der Waals surface area contributed by atoms with Gasteiger partial charge in [-0.1, -0.05) is 20.8 Å². The molecule has 2 heterocycles. The summed E-state index contributed by atoms with van der Waals surface area (Å²) in [4.78, 5) is 32.0. The number of hydrogen-bond acceptors (Lipinski definition) is 7. The zero-order valence-electron chi connectivity index (χ0n) is 22.0. The van der Waals surface area contributed by atoms with Crippen LogP contribution in [-0.2, 0) is 23.3 Å². The minimum Gasteiger partial charge on any atom is -0.493 e. The van der Waals surface area contributed by atoms with Crippen LogP contribution in [0.4, 0.5) is 0 Å². The maximum absolute atomic E-state index is 13.4. The molecule has 0 saturated carbocycles. The Labute approximate surface area is 226 Å². The molecule has 0 aliphatic carbocycles. The molecule has 1 amide bonds. The Balaban J connectivity index is 0.00000380. The molecule has 0 bridgehead atoms. The van der Waals surface area contributed by atoms with Crippen molar-refractivity contribution in [2.75, 3.05) is 27.3 Å². The average molecular weight is 573 g/mol. The summed E-state index contributed by atoms with van der Waals surface area (Å²) >= 11 is 0. The fourth-order valence-corrected chi connectivity index (χ4v) is 4.40. The number of nitrogens with one attached hydrogen (secondary N) is 2. The first kappa shape index (κ1) is 28.3. The van der Waals surface area contributed by atoms with E-state index in [4.69, 9.17) is 19.3 Å². The fraction of sp³-hybridized carbons (Fsp3) is 0.407. The van der Waals surface area contributed by atoms with Gasteiger partial charge in [-0.3, -0.25) is 15.0 Å². The number of aromatic nitrogens is 1. The lowest BCUT2D eigenvalue weighted by Crippen LogP contribution is -2.30. The van der Waals surface area contributed by atoms with Crippen LogP contribution < -0.4 is 10.1 Å². The van der Waals surface area contributed by atoms with E-state index in [1.165, 1.54) is 0 Å². The smallest absolute Gasteiger partial charge is 0.254 e. The van der Waals surface area contributed by atoms with Crippen LogP contribution >= 0.6 is 17.0 Å². The number of carbonyl (C=O) groups excluding carboxylic acids is 2. The SMILES string of the molecule is Br.CCOc1cc2c(cc1C(=O)NC)C(=N)N(CC(=O)c1cc(C(C)(C)C)c3oc(COC)nc3c1)C2. The number of nitrogens with zero attached hydrogens (tertiary/aromatic N) is 2. The number of amides is 1. The molecule has 2 N–H and O–H groups in total. The number of hydrogen-bond donors (Lipinski definition) is 2. The first-order valence-corrected chi connectivity index (χ1v) is 11.9. The molecule has 0 unspecified atom stereocenters. The lowest BCUT2D eigenvalue weighted by atomic mass is 9.85. The first-order valence-electron chi connectivity index (χ1n) is 11.9. The van der Waals surface area contributed by atoms with Gasteiger partial charge in [0.2, 0.25) is 5.89 Å². The van der Waals surface area contributed by atoms with Crippen molar-refractivity contribution in [3.63, 3.8) is 0 Å². The van der Waals surface area contributed by atoms with Crippen LogP contribution in [0, 0.1) is 5.41 Å². The number of ether oxygens (including phenoxy) is 2. The van der Waals surface area contributed by atoms with Crippen molar-refractivity contribution in [2.45, 2.75) is 46.3 Å². The highest BCUT2D eigenvalue weighted by Gasteiger charge is 2.30. The molecule has 1 aliphatic heterocycles. The number of fused-ring (bicyclic) bond motifs is 2. The lowest BCUT2D eigenvalue weighted by molar-refractivity contribution is 0.0953. The van der Waals surface area contributed by atoms with E-state index in [1.807, 2.05) is 13.0 Å². The predicted octanol–water partition coefficient (Wildman–Crippen LogP) is 4.63. The zero-order valence-corrected chi connectivity index (χ0v) is 23.7. The van der Waals surface area contributed by atoms with Crippen LogP contribution in [0.15, 0.2) is 28.7 Å². The molecule has 198 valence electrons. The van der Waals surface area contributed by atoms with E-state index < -0.39 is 0 Å². The van der Waals surface area contributed by atoms with Gasteiger partial charge in [-0.05, 0) is 42.2 Å². The van der Waals surface area contributed by atoms with Gasteiger partial charge in [0.1, 0.15) is 23.7 Å². The highest BCUT2D eigenvalue weighted by Crippen LogP contribution is 2.34. The number of benzene rings is 2. The molecule has 0 fully saturated rings. The van der Waals surface area contributed by atoms with Crippen molar-refractivity contribution in [3.05, 3.63) is 58.0 Å². The summed E-state index contributed by atoms with van der Waals surface area (Å²) in [7, 11) is 3.13. The molecule has 0 radical (unpaired) electrons. The Kier molecular flexibility index (Phi) is 8.44. The minimum absolute atomic E-state index is 0. The number of rotatable bonds is 8. The number of methoxy groups -OCH3 is 1. The molecule has 1 aliphatic rings. The van der Waals surface area contributed by atoms with Crippen LogP contribution in [0.2, 0.25) is 0 Å². The average Bonchev–Trinajstić information content (AvgIpc) is 3.37. The van der Waals surface area contributed by atoms with Crippen LogP contribution in [0.1, 0.15) is 71.0 Å². The van der Waals surface area contributed by atoms with Gasteiger partial charge < -0.3 is 24.1 Å². The maximum atomic E-state index is 13.4. The molecule has 0 atom stereocenters. The van der Waals surface area contributed by atoms with Gasteiger partial charge in [-0.2, -0.15) is 0 Å². The largest absolute Gasteiger partial charge is 0.493 e. The molecule has 9 nitrogen and oxygen atoms in total. The molecular weight excluding hydrogens is 540 g/mol. The number of oxazole rings is 1. The van der Waals surface area contributed by atoms with Crippen molar-refractivity contribution in [3.8, 4) is 5.75 Å². The number of amidine groups is 1. The number of Topliss-reactive ketones (excluding diaryl/α,β-unsaturated/α-hetero) is 1. The van der Waals surface area contributed by atoms with Crippen molar-refractivity contribution < 1.29 is 23.5 Å². The van der Waals surface area contributed by atoms with Crippen molar-refractivity contribution in [1.29, 1.82) is 5.41 Å². The molecule has 37 heavy (non-hydrogen) atoms. The Hall–Kier alpha value is -3.24. The predicted molar refractivity (Wildman–Crippen MR) is 146 cm³/mol. The Bertz CT molecular complexity index is 1360. The molecule has 0 spiro atoms. The number of ketones is 1. The summed E-state index contributed by atoms with van der Waals surface area (Å²) in [5, 5.41) is 11.3. The van der Waals surface area contributed by atoms with Crippen molar-refractivity contribution >= 4 is 45.6 Å². The van der Waals surface area contributed by atoms with E-state index in [2.05, 4.69) is 31.1 Å². The van der Waals surface area contributed by atoms with Gasteiger partial charge in [0.15, 0.2) is 11.4 Å². The van der Waals surface area contributed by atoms with E-state index in [9.17, 15) is 9.59 Å². The van der Waals surface area contributed by atoms with Crippen LogP contribution in [0.25, 0.3) is 11.1 Å². The highest BCUT2D eigenvalue weighted by molar-refractivity contribution is 8.93. The van der Waals surface area contributed by atoms with Gasteiger partial charge in [-0.25, -0.2) is 4.98 Å². The van der Waals surface area contributed by atoms with E-state index in [1.54, 1.807) is 37.3 Å². The normalized spacial score (nSPS) is 12.9. The van der Waals surface area contributed by atoms with Crippen molar-refractivity contribution in [2.24, 2.45) is 0 Å². The maximum Gasteiger partial charge on any atom is 0.254 e. The molecule has 10 heteroatoms. The summed E-state index contributed by atoms with van der Waals surface area (Å²) in [6.45, 7) is 9.07. The third kappa shape index (κ3) is 5.55. The van der Waals surface area contributed by atoms with Crippen LogP contribution in [0.5, 0.6) is 5.75 Å². The van der Waals surface area contributed by atoms with Crippen molar-refractivity contribution in [1.82, 2.24) is 15.2 Å². The number of halogens is 1. The quantitative estimate of drug-likeness (QED) is 0.378. The minimum atomic E-state index is -0.285. The summed E-state index contributed by atoms with van der Waals surface area (Å²) in [6.07, 6.45) is 0. The summed E-state index contributed by atoms with van der Waals surface area (Å²) in [5.41, 5.74) is 4.21. The second kappa shape index (κ2) is 11.0. The van der Waals surface area contributed by atoms with Gasteiger partial charge in [-0.15, -0.1) is 17.0 Å². The second-order valence-corrected chi connectivity index (χ2v) is 9.81. The summed E-state index contributed by atoms with van der Waals surface area (Å²) in [5.74, 6) is 0.707. The van der Waals surface area contributed by atoms with Gasteiger partial charge in [0, 0.05) is 37.4 Å². The third-order valence-corrected chi connectivity index (χ3v) is 6.18. The summed E-state index contributed by atoms with van der Waals surface area (Å²) < 4.78 is 16.8.